The van der Waals surface area contributed by atoms with Gasteiger partial charge in [-0.1, -0.05) is 15.9 Å². The normalized spacial score (nSPS) is 10.5. The molecule has 0 aliphatic rings. The molecular weight excluding hydrogens is 357 g/mol. The molecule has 0 aliphatic carbocycles. The number of nitrogens with zero attached hydrogens (tertiary/aromatic N) is 2. The number of aryl methyl sites for hydroxylation is 1. The van der Waals surface area contributed by atoms with Crippen LogP contribution in [0.2, 0.25) is 0 Å². The van der Waals surface area contributed by atoms with Crippen LogP contribution in [0.25, 0.3) is 11.4 Å². The summed E-state index contributed by atoms with van der Waals surface area (Å²) in [4.78, 5) is 4.28. The average Bonchev–Trinajstić information content (AvgIpc) is 2.56. The molecule has 0 aliphatic heterocycles. The summed E-state index contributed by atoms with van der Waals surface area (Å²) < 4.78 is 2.18. The molecule has 0 radical (unpaired) electrons. The highest BCUT2D eigenvalue weighted by molar-refractivity contribution is 14.1. The number of halogens is 2. The molecule has 2 rings (SSSR count). The van der Waals surface area contributed by atoms with Gasteiger partial charge in [0.2, 0.25) is 0 Å². The molecule has 0 atom stereocenters. The topological polar surface area (TPSA) is 41.6 Å². The second kappa shape index (κ2) is 3.98. The van der Waals surface area contributed by atoms with E-state index in [4.69, 9.17) is 0 Å². The van der Waals surface area contributed by atoms with Gasteiger partial charge < -0.3 is 0 Å². The Kier molecular flexibility index (Phi) is 2.87. The van der Waals surface area contributed by atoms with Crippen molar-refractivity contribution in [2.75, 3.05) is 0 Å². The molecule has 0 saturated heterocycles. The minimum Gasteiger partial charge on any atom is -0.263 e. The molecule has 1 N–H and O–H groups in total. The van der Waals surface area contributed by atoms with Gasteiger partial charge in [-0.2, -0.15) is 5.10 Å². The van der Waals surface area contributed by atoms with Crippen molar-refractivity contribution < 1.29 is 0 Å². The number of hydrogen-bond acceptors (Lipinski definition) is 2. The van der Waals surface area contributed by atoms with E-state index in [1.165, 1.54) is 3.57 Å². The fraction of sp³-hybridized carbons (Fsp3) is 0.111. The van der Waals surface area contributed by atoms with E-state index in [0.29, 0.717) is 0 Å². The van der Waals surface area contributed by atoms with Gasteiger partial charge in [-0.15, -0.1) is 0 Å². The van der Waals surface area contributed by atoms with E-state index < -0.39 is 0 Å². The Morgan fingerprint density at radius 3 is 2.86 bits per heavy atom. The van der Waals surface area contributed by atoms with E-state index in [0.717, 1.165) is 21.7 Å². The first kappa shape index (κ1) is 10.1. The highest BCUT2D eigenvalue weighted by Crippen LogP contribution is 2.27. The molecule has 72 valence electrons. The lowest BCUT2D eigenvalue weighted by Crippen LogP contribution is -1.84. The first-order valence-corrected chi connectivity index (χ1v) is 5.88. The molecule has 0 bridgehead atoms. The molecule has 0 saturated carbocycles. The van der Waals surface area contributed by atoms with Gasteiger partial charge in [-0.05, 0) is 47.7 Å². The highest BCUT2D eigenvalue weighted by atomic mass is 127. The standard InChI is InChI=1S/C9H7BrIN3/c1-5-12-9(14-13-5)7-4-6(11)2-3-8(7)10/h2-4H,1H3,(H,12,13,14). The largest absolute Gasteiger partial charge is 0.263 e. The van der Waals surface area contributed by atoms with Crippen LogP contribution in [0.3, 0.4) is 0 Å². The molecule has 0 unspecified atom stereocenters. The minimum atomic E-state index is 0.730. The van der Waals surface area contributed by atoms with Gasteiger partial charge in [0.15, 0.2) is 5.82 Å². The van der Waals surface area contributed by atoms with Crippen LogP contribution in [0.15, 0.2) is 22.7 Å². The Morgan fingerprint density at radius 2 is 2.21 bits per heavy atom. The first-order chi connectivity index (χ1) is 6.66. The van der Waals surface area contributed by atoms with Gasteiger partial charge in [0, 0.05) is 13.6 Å². The molecule has 1 aromatic heterocycles. The summed E-state index contributed by atoms with van der Waals surface area (Å²) in [5, 5.41) is 6.95. The van der Waals surface area contributed by atoms with E-state index >= 15 is 0 Å². The van der Waals surface area contributed by atoms with E-state index in [1.807, 2.05) is 25.1 Å². The Morgan fingerprint density at radius 1 is 1.43 bits per heavy atom. The van der Waals surface area contributed by atoms with Crippen molar-refractivity contribution in [2.45, 2.75) is 6.92 Å². The molecule has 0 amide bonds. The van der Waals surface area contributed by atoms with Crippen LogP contribution in [0, 0.1) is 10.5 Å². The lowest BCUT2D eigenvalue weighted by atomic mass is 10.2. The van der Waals surface area contributed by atoms with Crippen LogP contribution in [-0.4, -0.2) is 15.2 Å². The van der Waals surface area contributed by atoms with Gasteiger partial charge in [-0.3, -0.25) is 5.10 Å². The third-order valence-corrected chi connectivity index (χ3v) is 3.13. The van der Waals surface area contributed by atoms with Crippen molar-refractivity contribution in [1.29, 1.82) is 0 Å². The number of H-pyrrole nitrogens is 1. The maximum absolute atomic E-state index is 4.28. The molecule has 2 aromatic rings. The zero-order valence-electron chi connectivity index (χ0n) is 7.38. The number of hydrogen-bond donors (Lipinski definition) is 1. The van der Waals surface area contributed by atoms with Gasteiger partial charge in [0.25, 0.3) is 0 Å². The Labute approximate surface area is 104 Å². The molecule has 0 fully saturated rings. The third-order valence-electron chi connectivity index (χ3n) is 1.77. The number of rotatable bonds is 1. The van der Waals surface area contributed by atoms with Gasteiger partial charge in [0.05, 0.1) is 0 Å². The van der Waals surface area contributed by atoms with Crippen molar-refractivity contribution in [3.05, 3.63) is 32.1 Å². The lowest BCUT2D eigenvalue weighted by molar-refractivity contribution is 1.04. The van der Waals surface area contributed by atoms with E-state index in [1.54, 1.807) is 0 Å². The van der Waals surface area contributed by atoms with Crippen LogP contribution in [0.5, 0.6) is 0 Å². The lowest BCUT2D eigenvalue weighted by Gasteiger charge is -1.99. The Balaban J connectivity index is 2.55. The van der Waals surface area contributed by atoms with Crippen LogP contribution in [-0.2, 0) is 0 Å². The van der Waals surface area contributed by atoms with Gasteiger partial charge in [0.1, 0.15) is 5.82 Å². The maximum atomic E-state index is 4.28. The predicted molar refractivity (Wildman–Crippen MR) is 67.0 cm³/mol. The molecule has 3 nitrogen and oxygen atoms in total. The van der Waals surface area contributed by atoms with Crippen molar-refractivity contribution in [2.24, 2.45) is 0 Å². The Hall–Kier alpha value is -0.430. The second-order valence-electron chi connectivity index (χ2n) is 2.87. The number of benzene rings is 1. The van der Waals surface area contributed by atoms with Gasteiger partial charge >= 0.3 is 0 Å². The number of nitrogens with one attached hydrogen (secondary N) is 1. The summed E-state index contributed by atoms with van der Waals surface area (Å²) in [5.41, 5.74) is 1.02. The molecule has 14 heavy (non-hydrogen) atoms. The van der Waals surface area contributed by atoms with Crippen molar-refractivity contribution >= 4 is 38.5 Å². The van der Waals surface area contributed by atoms with E-state index in [2.05, 4.69) is 53.7 Å². The zero-order valence-corrected chi connectivity index (χ0v) is 11.1. The number of aromatic amines is 1. The van der Waals surface area contributed by atoms with Crippen LogP contribution in [0.4, 0.5) is 0 Å². The molecule has 1 heterocycles. The summed E-state index contributed by atoms with van der Waals surface area (Å²) in [6.45, 7) is 1.89. The summed E-state index contributed by atoms with van der Waals surface area (Å²) in [6, 6.07) is 6.09. The summed E-state index contributed by atoms with van der Waals surface area (Å²) in [7, 11) is 0. The molecule has 5 heteroatoms. The van der Waals surface area contributed by atoms with Crippen molar-refractivity contribution in [3.63, 3.8) is 0 Å². The van der Waals surface area contributed by atoms with Crippen LogP contribution in [0.1, 0.15) is 5.82 Å². The minimum absolute atomic E-state index is 0.730. The molecule has 0 spiro atoms. The van der Waals surface area contributed by atoms with Crippen LogP contribution < -0.4 is 0 Å². The molecule has 1 aromatic carbocycles. The highest BCUT2D eigenvalue weighted by Gasteiger charge is 2.07. The SMILES string of the molecule is Cc1nc(-c2cc(I)ccc2Br)n[nH]1. The monoisotopic (exact) mass is 363 g/mol. The zero-order chi connectivity index (χ0) is 10.1. The smallest absolute Gasteiger partial charge is 0.182 e. The fourth-order valence-electron chi connectivity index (χ4n) is 1.13. The quantitative estimate of drug-likeness (QED) is 0.791. The summed E-state index contributed by atoms with van der Waals surface area (Å²) in [6.07, 6.45) is 0. The van der Waals surface area contributed by atoms with E-state index in [-0.39, 0.29) is 0 Å². The number of aromatic nitrogens is 3. The third kappa shape index (κ3) is 1.98. The molecular formula is C9H7BrIN3. The van der Waals surface area contributed by atoms with Crippen LogP contribution >= 0.6 is 38.5 Å². The van der Waals surface area contributed by atoms with E-state index in [9.17, 15) is 0 Å². The predicted octanol–water partition coefficient (Wildman–Crippen LogP) is 3.15. The Bertz CT molecular complexity index is 467. The summed E-state index contributed by atoms with van der Waals surface area (Å²) >= 11 is 5.75. The van der Waals surface area contributed by atoms with Crippen molar-refractivity contribution in [1.82, 2.24) is 15.2 Å². The first-order valence-electron chi connectivity index (χ1n) is 4.01. The second-order valence-corrected chi connectivity index (χ2v) is 4.97. The van der Waals surface area contributed by atoms with Crippen molar-refractivity contribution in [3.8, 4) is 11.4 Å². The average molecular weight is 364 g/mol. The summed E-state index contributed by atoms with van der Waals surface area (Å²) in [5.74, 6) is 1.55. The maximum Gasteiger partial charge on any atom is 0.182 e. The van der Waals surface area contributed by atoms with Gasteiger partial charge in [-0.25, -0.2) is 4.98 Å². The fourth-order valence-corrected chi connectivity index (χ4v) is 2.05.